The third-order valence-electron chi connectivity index (χ3n) is 5.93. The quantitative estimate of drug-likeness (QED) is 0.329. The van der Waals surface area contributed by atoms with E-state index in [4.69, 9.17) is 19.2 Å². The van der Waals surface area contributed by atoms with Crippen molar-refractivity contribution in [1.29, 1.82) is 0 Å². The first kappa shape index (κ1) is 21.6. The zero-order chi connectivity index (χ0) is 23.2. The highest BCUT2D eigenvalue weighted by molar-refractivity contribution is 6.87. The standard InChI is InChI=1S/C25H28N4O3Si/c1-17-6-5-7-18(12-17)20-13-19(16-30)29(27-20)23-15-22(28-8-10-31-11-9-28)25-21(26-23)14-24(32-25)33(2,3)4/h5-7,12-16H,8-11H2,1-4H3. The summed E-state index contributed by atoms with van der Waals surface area (Å²) in [6.07, 6.45) is 0.829. The minimum atomic E-state index is -1.68. The molecule has 0 amide bonds. The molecule has 170 valence electrons. The Morgan fingerprint density at radius 3 is 2.55 bits per heavy atom. The van der Waals surface area contributed by atoms with Crippen LogP contribution in [-0.2, 0) is 4.74 Å². The SMILES string of the molecule is Cc1cccc(-c2cc(C=O)n(-c3cc(N4CCOCC4)c4oc([Si](C)(C)C)cc4n3)n2)c1. The van der Waals surface area contributed by atoms with E-state index >= 15 is 0 Å². The lowest BCUT2D eigenvalue weighted by atomic mass is 10.1. The van der Waals surface area contributed by atoms with Gasteiger partial charge in [-0.1, -0.05) is 43.4 Å². The number of ether oxygens (including phenoxy) is 1. The van der Waals surface area contributed by atoms with Gasteiger partial charge in [0.05, 0.1) is 30.0 Å². The Kier molecular flexibility index (Phi) is 5.42. The molecule has 0 radical (unpaired) electrons. The van der Waals surface area contributed by atoms with Crippen LogP contribution < -0.4 is 10.3 Å². The van der Waals surface area contributed by atoms with Crippen molar-refractivity contribution in [3.05, 3.63) is 53.7 Å². The summed E-state index contributed by atoms with van der Waals surface area (Å²) >= 11 is 0. The third kappa shape index (κ3) is 4.12. The van der Waals surface area contributed by atoms with E-state index in [1.165, 1.54) is 0 Å². The van der Waals surface area contributed by atoms with Gasteiger partial charge >= 0.3 is 0 Å². The monoisotopic (exact) mass is 460 g/mol. The second-order valence-corrected chi connectivity index (χ2v) is 14.5. The van der Waals surface area contributed by atoms with Gasteiger partial charge in [0.2, 0.25) is 0 Å². The molecule has 0 aliphatic carbocycles. The van der Waals surface area contributed by atoms with Gasteiger partial charge in [-0.15, -0.1) is 0 Å². The minimum absolute atomic E-state index is 0.459. The molecule has 1 aliphatic rings. The van der Waals surface area contributed by atoms with Crippen molar-refractivity contribution in [2.45, 2.75) is 26.6 Å². The lowest BCUT2D eigenvalue weighted by molar-refractivity contribution is 0.111. The Labute approximate surface area is 194 Å². The maximum absolute atomic E-state index is 12.0. The first-order valence-corrected chi connectivity index (χ1v) is 14.7. The number of aryl methyl sites for hydroxylation is 1. The van der Waals surface area contributed by atoms with Crippen molar-refractivity contribution in [3.63, 3.8) is 0 Å². The molecule has 4 aromatic rings. The summed E-state index contributed by atoms with van der Waals surface area (Å²) in [6, 6.07) is 13.9. The number of fused-ring (bicyclic) bond motifs is 1. The molecule has 3 aromatic heterocycles. The maximum Gasteiger partial charge on any atom is 0.175 e. The first-order valence-electron chi connectivity index (χ1n) is 11.2. The molecule has 8 heteroatoms. The van der Waals surface area contributed by atoms with E-state index in [1.807, 2.05) is 37.3 Å². The smallest absolute Gasteiger partial charge is 0.175 e. The summed E-state index contributed by atoms with van der Waals surface area (Å²) in [4.78, 5) is 19.1. The highest BCUT2D eigenvalue weighted by atomic mass is 28.3. The molecule has 33 heavy (non-hydrogen) atoms. The second kappa shape index (κ2) is 8.28. The zero-order valence-electron chi connectivity index (χ0n) is 19.5. The molecular weight excluding hydrogens is 432 g/mol. The number of rotatable bonds is 5. The molecule has 0 atom stereocenters. The molecule has 7 nitrogen and oxygen atoms in total. The second-order valence-electron chi connectivity index (χ2n) is 9.53. The van der Waals surface area contributed by atoms with Crippen LogP contribution in [0.4, 0.5) is 5.69 Å². The average molecular weight is 461 g/mol. The van der Waals surface area contributed by atoms with Crippen molar-refractivity contribution in [3.8, 4) is 17.1 Å². The van der Waals surface area contributed by atoms with Crippen LogP contribution in [0.3, 0.4) is 0 Å². The van der Waals surface area contributed by atoms with E-state index in [9.17, 15) is 4.79 Å². The zero-order valence-corrected chi connectivity index (χ0v) is 20.5. The number of morpholine rings is 1. The van der Waals surface area contributed by atoms with E-state index in [1.54, 1.807) is 4.68 Å². The molecule has 4 heterocycles. The van der Waals surface area contributed by atoms with Gasteiger partial charge in [0.15, 0.2) is 17.7 Å². The minimum Gasteiger partial charge on any atom is -0.462 e. The van der Waals surface area contributed by atoms with Crippen LogP contribution in [0.25, 0.3) is 28.2 Å². The molecule has 0 unspecified atom stereocenters. The Balaban J connectivity index is 1.69. The molecule has 1 aliphatic heterocycles. The molecule has 0 saturated carbocycles. The number of furan rings is 1. The van der Waals surface area contributed by atoms with Gasteiger partial charge in [-0.05, 0) is 19.1 Å². The first-order chi connectivity index (χ1) is 15.8. The number of carbonyl (C=O) groups excluding carboxylic acids is 1. The molecule has 0 spiro atoms. The fourth-order valence-electron chi connectivity index (χ4n) is 4.12. The number of hydrogen-bond acceptors (Lipinski definition) is 6. The van der Waals surface area contributed by atoms with E-state index in [0.717, 1.165) is 58.4 Å². The summed E-state index contributed by atoms with van der Waals surface area (Å²) in [5.41, 5.74) is 5.85. The molecule has 1 aromatic carbocycles. The largest absolute Gasteiger partial charge is 0.462 e. The van der Waals surface area contributed by atoms with Crippen LogP contribution in [0, 0.1) is 6.92 Å². The van der Waals surface area contributed by atoms with E-state index in [2.05, 4.69) is 36.7 Å². The van der Waals surface area contributed by atoms with Gasteiger partial charge in [0, 0.05) is 30.8 Å². The van der Waals surface area contributed by atoms with Crippen molar-refractivity contribution in [2.24, 2.45) is 0 Å². The fourth-order valence-corrected chi connectivity index (χ4v) is 5.10. The number of pyridine rings is 1. The van der Waals surface area contributed by atoms with Crippen LogP contribution >= 0.6 is 0 Å². The number of hydrogen-bond donors (Lipinski definition) is 0. The Bertz CT molecular complexity index is 1330. The van der Waals surface area contributed by atoms with Crippen LogP contribution in [0.2, 0.25) is 19.6 Å². The summed E-state index contributed by atoms with van der Waals surface area (Å²) < 4.78 is 13.6. The Morgan fingerprint density at radius 2 is 1.85 bits per heavy atom. The highest BCUT2D eigenvalue weighted by Gasteiger charge is 2.26. The number of carbonyl (C=O) groups is 1. The number of nitrogens with zero attached hydrogens (tertiary/aromatic N) is 4. The van der Waals surface area contributed by atoms with Gasteiger partial charge in [0.1, 0.15) is 19.3 Å². The lowest BCUT2D eigenvalue weighted by Crippen LogP contribution is -2.37. The predicted octanol–water partition coefficient (Wildman–Crippen LogP) is 4.18. The van der Waals surface area contributed by atoms with Crippen LogP contribution in [0.1, 0.15) is 16.1 Å². The van der Waals surface area contributed by atoms with Crippen molar-refractivity contribution in [1.82, 2.24) is 14.8 Å². The number of anilines is 1. The molecule has 5 rings (SSSR count). The van der Waals surface area contributed by atoms with Crippen molar-refractivity contribution in [2.75, 3.05) is 31.2 Å². The maximum atomic E-state index is 12.0. The molecule has 1 saturated heterocycles. The summed E-state index contributed by atoms with van der Waals surface area (Å²) in [5.74, 6) is 0.605. The molecule has 0 bridgehead atoms. The topological polar surface area (TPSA) is 73.4 Å². The molecule has 1 fully saturated rings. The number of aromatic nitrogens is 3. The Morgan fingerprint density at radius 1 is 1.06 bits per heavy atom. The Hall–Kier alpha value is -3.23. The fraction of sp³-hybridized carbons (Fsp3) is 0.320. The van der Waals surface area contributed by atoms with Crippen molar-refractivity contribution < 1.29 is 13.9 Å². The van der Waals surface area contributed by atoms with Crippen molar-refractivity contribution >= 4 is 36.5 Å². The molecular formula is C25H28N4O3Si. The predicted molar refractivity (Wildman–Crippen MR) is 133 cm³/mol. The van der Waals surface area contributed by atoms with E-state index < -0.39 is 8.07 Å². The summed E-state index contributed by atoms with van der Waals surface area (Å²) in [7, 11) is -1.68. The summed E-state index contributed by atoms with van der Waals surface area (Å²) in [5, 5.41) is 5.78. The molecule has 0 N–H and O–H groups in total. The lowest BCUT2D eigenvalue weighted by Gasteiger charge is -2.29. The van der Waals surface area contributed by atoms with Gasteiger partial charge in [0.25, 0.3) is 0 Å². The van der Waals surface area contributed by atoms with Crippen LogP contribution in [-0.4, -0.2) is 55.4 Å². The van der Waals surface area contributed by atoms with E-state index in [0.29, 0.717) is 24.7 Å². The van der Waals surface area contributed by atoms with E-state index in [-0.39, 0.29) is 0 Å². The third-order valence-corrected chi connectivity index (χ3v) is 7.65. The van der Waals surface area contributed by atoms with Gasteiger partial charge in [-0.3, -0.25) is 4.79 Å². The summed E-state index contributed by atoms with van der Waals surface area (Å²) in [6.45, 7) is 11.7. The average Bonchev–Trinajstić information content (AvgIpc) is 3.43. The van der Waals surface area contributed by atoms with Gasteiger partial charge in [-0.25, -0.2) is 9.67 Å². The van der Waals surface area contributed by atoms with Crippen LogP contribution in [0.5, 0.6) is 0 Å². The normalized spacial score (nSPS) is 14.7. The van der Waals surface area contributed by atoms with Crippen LogP contribution in [0.15, 0.2) is 46.9 Å². The highest BCUT2D eigenvalue weighted by Crippen LogP contribution is 2.31. The number of aldehydes is 1. The van der Waals surface area contributed by atoms with Gasteiger partial charge in [-0.2, -0.15) is 5.10 Å². The number of benzene rings is 1. The van der Waals surface area contributed by atoms with Gasteiger partial charge < -0.3 is 14.1 Å².